The van der Waals surface area contributed by atoms with Gasteiger partial charge in [-0.3, -0.25) is 0 Å². The van der Waals surface area contributed by atoms with E-state index in [1.165, 1.54) is 31.5 Å². The molecule has 1 fully saturated rings. The molecule has 7 nitrogen and oxygen atoms in total. The highest BCUT2D eigenvalue weighted by Gasteiger charge is 2.21. The van der Waals surface area contributed by atoms with Gasteiger partial charge in [-0.2, -0.15) is 4.98 Å². The Labute approximate surface area is 187 Å². The number of fused-ring (bicyclic) bond motifs is 1. The van der Waals surface area contributed by atoms with Gasteiger partial charge < -0.3 is 9.80 Å². The van der Waals surface area contributed by atoms with E-state index in [9.17, 15) is 4.79 Å². The number of benzene rings is 2. The SMILES string of the molecule is Cc1cccc(Cn2nc3nc(N4CCN(c5cccc(C)c5C)CC4)ccn3c2=O)c1. The Hall–Kier alpha value is -3.61. The van der Waals surface area contributed by atoms with E-state index in [1.54, 1.807) is 6.20 Å². The van der Waals surface area contributed by atoms with Gasteiger partial charge in [-0.15, -0.1) is 5.10 Å². The van der Waals surface area contributed by atoms with Gasteiger partial charge in [0.2, 0.25) is 0 Å². The molecule has 0 radical (unpaired) electrons. The molecule has 0 unspecified atom stereocenters. The highest BCUT2D eigenvalue weighted by atomic mass is 16.2. The van der Waals surface area contributed by atoms with Gasteiger partial charge in [0.25, 0.3) is 5.78 Å². The second-order valence-electron chi connectivity index (χ2n) is 8.58. The summed E-state index contributed by atoms with van der Waals surface area (Å²) in [7, 11) is 0. The molecule has 5 rings (SSSR count). The van der Waals surface area contributed by atoms with E-state index in [4.69, 9.17) is 4.98 Å². The van der Waals surface area contributed by atoms with Crippen LogP contribution in [0.4, 0.5) is 11.5 Å². The van der Waals surface area contributed by atoms with Gasteiger partial charge in [-0.25, -0.2) is 13.9 Å². The van der Waals surface area contributed by atoms with E-state index >= 15 is 0 Å². The van der Waals surface area contributed by atoms with E-state index in [2.05, 4.69) is 53.0 Å². The Bertz CT molecular complexity index is 1330. The van der Waals surface area contributed by atoms with Gasteiger partial charge in [0.1, 0.15) is 5.82 Å². The van der Waals surface area contributed by atoms with Crippen LogP contribution in [0.25, 0.3) is 5.78 Å². The quantitative estimate of drug-likeness (QED) is 0.500. The number of aryl methyl sites for hydroxylation is 2. The molecule has 32 heavy (non-hydrogen) atoms. The van der Waals surface area contributed by atoms with Crippen molar-refractivity contribution in [3.63, 3.8) is 0 Å². The van der Waals surface area contributed by atoms with Crippen LogP contribution in [0.1, 0.15) is 22.3 Å². The summed E-state index contributed by atoms with van der Waals surface area (Å²) < 4.78 is 3.00. The third-order valence-corrected chi connectivity index (χ3v) is 6.37. The summed E-state index contributed by atoms with van der Waals surface area (Å²) in [5.41, 5.74) is 6.04. The van der Waals surface area contributed by atoms with Crippen LogP contribution in [-0.4, -0.2) is 45.3 Å². The fourth-order valence-corrected chi connectivity index (χ4v) is 4.41. The molecule has 3 heterocycles. The van der Waals surface area contributed by atoms with Crippen molar-refractivity contribution in [2.75, 3.05) is 36.0 Å². The maximum Gasteiger partial charge on any atom is 0.351 e. The highest BCUT2D eigenvalue weighted by Crippen LogP contribution is 2.25. The zero-order valence-corrected chi connectivity index (χ0v) is 18.8. The molecule has 0 N–H and O–H groups in total. The molecule has 0 amide bonds. The summed E-state index contributed by atoms with van der Waals surface area (Å²) in [5, 5.41) is 4.50. The Morgan fingerprint density at radius 3 is 2.44 bits per heavy atom. The minimum absolute atomic E-state index is 0.166. The third-order valence-electron chi connectivity index (χ3n) is 6.37. The summed E-state index contributed by atoms with van der Waals surface area (Å²) in [6.07, 6.45) is 1.79. The molecule has 1 aliphatic heterocycles. The Balaban J connectivity index is 1.34. The number of nitrogens with zero attached hydrogens (tertiary/aromatic N) is 6. The standard InChI is InChI=1S/C25H28N6O/c1-18-6-4-8-21(16-18)17-31-25(32)30-11-10-23(26-24(30)27-31)29-14-12-28(13-15-29)22-9-5-7-19(2)20(22)3/h4-11,16H,12-15,17H2,1-3H3. The average Bonchev–Trinajstić information content (AvgIpc) is 3.10. The van der Waals surface area contributed by atoms with Crippen LogP contribution in [0.2, 0.25) is 0 Å². The molecule has 0 spiro atoms. The molecule has 0 atom stereocenters. The van der Waals surface area contributed by atoms with E-state index in [0.717, 1.165) is 37.6 Å². The molecular weight excluding hydrogens is 400 g/mol. The maximum atomic E-state index is 12.8. The summed E-state index contributed by atoms with van der Waals surface area (Å²) in [4.78, 5) is 22.2. The van der Waals surface area contributed by atoms with Crippen LogP contribution in [0.15, 0.2) is 59.5 Å². The van der Waals surface area contributed by atoms with E-state index < -0.39 is 0 Å². The van der Waals surface area contributed by atoms with Gasteiger partial charge in [-0.1, -0.05) is 42.0 Å². The zero-order valence-electron chi connectivity index (χ0n) is 18.8. The zero-order chi connectivity index (χ0) is 22.2. The lowest BCUT2D eigenvalue weighted by molar-refractivity contribution is 0.645. The van der Waals surface area contributed by atoms with Crippen LogP contribution >= 0.6 is 0 Å². The minimum atomic E-state index is -0.166. The molecule has 2 aromatic carbocycles. The molecular formula is C25H28N6O. The number of hydrogen-bond acceptors (Lipinski definition) is 5. The minimum Gasteiger partial charge on any atom is -0.368 e. The molecule has 164 valence electrons. The van der Waals surface area contributed by atoms with Gasteiger partial charge in [0.15, 0.2) is 0 Å². The number of rotatable bonds is 4. The molecule has 1 aliphatic rings. The van der Waals surface area contributed by atoms with Crippen molar-refractivity contribution >= 4 is 17.3 Å². The van der Waals surface area contributed by atoms with Gasteiger partial charge >= 0.3 is 5.69 Å². The van der Waals surface area contributed by atoms with E-state index in [0.29, 0.717) is 12.3 Å². The van der Waals surface area contributed by atoms with Crippen molar-refractivity contribution in [3.8, 4) is 0 Å². The van der Waals surface area contributed by atoms with Crippen molar-refractivity contribution in [3.05, 3.63) is 87.5 Å². The van der Waals surface area contributed by atoms with Crippen molar-refractivity contribution in [2.24, 2.45) is 0 Å². The molecule has 0 bridgehead atoms. The number of hydrogen-bond donors (Lipinski definition) is 0. The lowest BCUT2D eigenvalue weighted by Crippen LogP contribution is -2.47. The first kappa shape index (κ1) is 20.3. The van der Waals surface area contributed by atoms with Crippen LogP contribution in [0.5, 0.6) is 0 Å². The predicted octanol–water partition coefficient (Wildman–Crippen LogP) is 3.19. The molecule has 1 saturated heterocycles. The largest absolute Gasteiger partial charge is 0.368 e. The first-order chi connectivity index (χ1) is 15.5. The van der Waals surface area contributed by atoms with Crippen LogP contribution in [-0.2, 0) is 6.54 Å². The van der Waals surface area contributed by atoms with E-state index in [-0.39, 0.29) is 5.69 Å². The molecule has 2 aromatic heterocycles. The fraction of sp³-hybridized carbons (Fsp3) is 0.320. The highest BCUT2D eigenvalue weighted by molar-refractivity contribution is 5.57. The van der Waals surface area contributed by atoms with Gasteiger partial charge in [-0.05, 0) is 49.6 Å². The van der Waals surface area contributed by atoms with Crippen molar-refractivity contribution in [1.82, 2.24) is 19.2 Å². The molecule has 0 saturated carbocycles. The smallest absolute Gasteiger partial charge is 0.351 e. The van der Waals surface area contributed by atoms with Crippen LogP contribution < -0.4 is 15.5 Å². The predicted molar refractivity (Wildman–Crippen MR) is 128 cm³/mol. The lowest BCUT2D eigenvalue weighted by atomic mass is 10.1. The van der Waals surface area contributed by atoms with Gasteiger partial charge in [0, 0.05) is 38.1 Å². The maximum absolute atomic E-state index is 12.8. The first-order valence-corrected chi connectivity index (χ1v) is 11.1. The summed E-state index contributed by atoms with van der Waals surface area (Å²) >= 11 is 0. The fourth-order valence-electron chi connectivity index (χ4n) is 4.41. The monoisotopic (exact) mass is 428 g/mol. The molecule has 7 heteroatoms. The van der Waals surface area contributed by atoms with Crippen LogP contribution in [0.3, 0.4) is 0 Å². The van der Waals surface area contributed by atoms with Gasteiger partial charge in [0.05, 0.1) is 6.54 Å². The third kappa shape index (κ3) is 3.75. The number of aromatic nitrogens is 4. The first-order valence-electron chi connectivity index (χ1n) is 11.1. The van der Waals surface area contributed by atoms with Crippen LogP contribution in [0, 0.1) is 20.8 Å². The average molecular weight is 429 g/mol. The molecule has 4 aromatic rings. The van der Waals surface area contributed by atoms with Crippen molar-refractivity contribution in [2.45, 2.75) is 27.3 Å². The lowest BCUT2D eigenvalue weighted by Gasteiger charge is -2.37. The number of piperazine rings is 1. The Morgan fingerprint density at radius 1 is 0.906 bits per heavy atom. The Morgan fingerprint density at radius 2 is 1.66 bits per heavy atom. The number of anilines is 2. The normalized spacial score (nSPS) is 14.3. The van der Waals surface area contributed by atoms with Crippen molar-refractivity contribution < 1.29 is 0 Å². The Kier molecular flexibility index (Phi) is 5.17. The molecule has 0 aliphatic carbocycles. The topological polar surface area (TPSA) is 58.7 Å². The second kappa shape index (κ2) is 8.15. The summed E-state index contributed by atoms with van der Waals surface area (Å²) in [5.74, 6) is 1.31. The van der Waals surface area contributed by atoms with Crippen molar-refractivity contribution in [1.29, 1.82) is 0 Å². The summed E-state index contributed by atoms with van der Waals surface area (Å²) in [6, 6.07) is 16.5. The second-order valence-corrected chi connectivity index (χ2v) is 8.58. The van der Waals surface area contributed by atoms with E-state index in [1.807, 2.05) is 31.2 Å². The summed E-state index contributed by atoms with van der Waals surface area (Å²) in [6.45, 7) is 10.5.